The lowest BCUT2D eigenvalue weighted by atomic mass is 10.1. The molecule has 0 aliphatic heterocycles. The van der Waals surface area contributed by atoms with Crippen LogP contribution in [0.3, 0.4) is 0 Å². The highest BCUT2D eigenvalue weighted by Gasteiger charge is 2.05. The van der Waals surface area contributed by atoms with Crippen molar-refractivity contribution in [2.75, 3.05) is 5.32 Å². The second-order valence-electron chi connectivity index (χ2n) is 4.60. The summed E-state index contributed by atoms with van der Waals surface area (Å²) in [5.41, 5.74) is 3.99. The van der Waals surface area contributed by atoms with Gasteiger partial charge in [0.15, 0.2) is 0 Å². The molecule has 0 aliphatic rings. The zero-order valence-corrected chi connectivity index (χ0v) is 12.3. The van der Waals surface area contributed by atoms with Gasteiger partial charge in [-0.15, -0.1) is 0 Å². The van der Waals surface area contributed by atoms with E-state index in [2.05, 4.69) is 10.3 Å². The first-order valence-corrected chi connectivity index (χ1v) is 6.96. The van der Waals surface area contributed by atoms with Crippen LogP contribution in [0.15, 0.2) is 48.7 Å². The number of nitrogens with one attached hydrogen (secondary N) is 1. The summed E-state index contributed by atoms with van der Waals surface area (Å²) in [4.78, 5) is 4.34. The molecule has 2 nitrogen and oxygen atoms in total. The monoisotopic (exact) mass is 302 g/mol. The number of hydrogen-bond acceptors (Lipinski definition) is 2. The summed E-state index contributed by atoms with van der Waals surface area (Å²) in [6.07, 6.45) is 1.77. The smallest absolute Gasteiger partial charge is 0.0737 e. The van der Waals surface area contributed by atoms with Gasteiger partial charge in [-0.2, -0.15) is 0 Å². The van der Waals surface area contributed by atoms with Crippen molar-refractivity contribution in [2.24, 2.45) is 0 Å². The van der Waals surface area contributed by atoms with Crippen LogP contribution in [0.4, 0.5) is 11.4 Å². The van der Waals surface area contributed by atoms with E-state index in [1.807, 2.05) is 49.4 Å². The van der Waals surface area contributed by atoms with Crippen LogP contribution in [0.25, 0.3) is 10.9 Å². The number of fused-ring (bicyclic) bond motifs is 1. The van der Waals surface area contributed by atoms with Gasteiger partial charge in [0, 0.05) is 33.0 Å². The van der Waals surface area contributed by atoms with E-state index in [1.165, 1.54) is 0 Å². The average Bonchev–Trinajstić information content (AvgIpc) is 2.41. The van der Waals surface area contributed by atoms with Gasteiger partial charge in [0.25, 0.3) is 0 Å². The lowest BCUT2D eigenvalue weighted by Crippen LogP contribution is -1.94. The highest BCUT2D eigenvalue weighted by molar-refractivity contribution is 6.31. The molecule has 0 saturated heterocycles. The fourth-order valence-electron chi connectivity index (χ4n) is 2.14. The Kier molecular flexibility index (Phi) is 3.51. The van der Waals surface area contributed by atoms with E-state index < -0.39 is 0 Å². The molecule has 0 fully saturated rings. The van der Waals surface area contributed by atoms with Crippen molar-refractivity contribution in [1.82, 2.24) is 4.98 Å². The van der Waals surface area contributed by atoms with E-state index in [9.17, 15) is 0 Å². The minimum atomic E-state index is 0.685. The van der Waals surface area contributed by atoms with E-state index in [4.69, 9.17) is 23.2 Å². The molecular formula is C16H12Cl2N2. The Balaban J connectivity index is 2.06. The average molecular weight is 303 g/mol. The lowest BCUT2D eigenvalue weighted by molar-refractivity contribution is 1.39. The molecule has 1 N–H and O–H groups in total. The summed E-state index contributed by atoms with van der Waals surface area (Å²) in [6, 6.07) is 13.4. The Morgan fingerprint density at radius 1 is 0.900 bits per heavy atom. The molecular weight excluding hydrogens is 291 g/mol. The molecule has 1 aromatic heterocycles. The number of aryl methyl sites for hydroxylation is 1. The van der Waals surface area contributed by atoms with Crippen molar-refractivity contribution in [3.8, 4) is 0 Å². The molecule has 3 aromatic rings. The van der Waals surface area contributed by atoms with Crippen LogP contribution in [-0.2, 0) is 0 Å². The lowest BCUT2D eigenvalue weighted by Gasteiger charge is -2.12. The highest BCUT2D eigenvalue weighted by atomic mass is 35.5. The Morgan fingerprint density at radius 2 is 1.65 bits per heavy atom. The van der Waals surface area contributed by atoms with Crippen LogP contribution in [0.5, 0.6) is 0 Å². The second-order valence-corrected chi connectivity index (χ2v) is 5.48. The topological polar surface area (TPSA) is 24.9 Å². The van der Waals surface area contributed by atoms with Gasteiger partial charge in [0.2, 0.25) is 0 Å². The van der Waals surface area contributed by atoms with Crippen LogP contribution in [0, 0.1) is 6.92 Å². The van der Waals surface area contributed by atoms with E-state index in [0.717, 1.165) is 32.9 Å². The van der Waals surface area contributed by atoms with Crippen LogP contribution in [0.1, 0.15) is 5.56 Å². The van der Waals surface area contributed by atoms with Gasteiger partial charge < -0.3 is 5.32 Å². The van der Waals surface area contributed by atoms with Gasteiger partial charge in [-0.3, -0.25) is 4.98 Å². The summed E-state index contributed by atoms with van der Waals surface area (Å²) < 4.78 is 0. The van der Waals surface area contributed by atoms with Crippen molar-refractivity contribution >= 4 is 45.5 Å². The molecule has 0 amide bonds. The fourth-order valence-corrected chi connectivity index (χ4v) is 2.54. The molecule has 20 heavy (non-hydrogen) atoms. The fraction of sp³-hybridized carbons (Fsp3) is 0.0625. The van der Waals surface area contributed by atoms with Gasteiger partial charge >= 0.3 is 0 Å². The van der Waals surface area contributed by atoms with Crippen molar-refractivity contribution in [3.05, 3.63) is 64.3 Å². The summed E-state index contributed by atoms with van der Waals surface area (Å²) in [6.45, 7) is 2.02. The maximum Gasteiger partial charge on any atom is 0.0737 e. The first-order valence-electron chi connectivity index (χ1n) is 6.21. The largest absolute Gasteiger partial charge is 0.355 e. The summed E-state index contributed by atoms with van der Waals surface area (Å²) >= 11 is 12.0. The molecule has 0 saturated carbocycles. The molecule has 1 heterocycles. The molecule has 0 aliphatic carbocycles. The Bertz CT molecular complexity index is 785. The van der Waals surface area contributed by atoms with Crippen LogP contribution in [0.2, 0.25) is 10.0 Å². The quantitative estimate of drug-likeness (QED) is 0.667. The molecule has 4 heteroatoms. The Labute approximate surface area is 127 Å². The highest BCUT2D eigenvalue weighted by Crippen LogP contribution is 2.29. The summed E-state index contributed by atoms with van der Waals surface area (Å²) in [5, 5.41) is 5.87. The minimum Gasteiger partial charge on any atom is -0.355 e. The first-order chi connectivity index (χ1) is 9.63. The first kappa shape index (κ1) is 13.2. The van der Waals surface area contributed by atoms with Crippen molar-refractivity contribution in [2.45, 2.75) is 6.92 Å². The Hall–Kier alpha value is -1.77. The molecule has 3 rings (SSSR count). The second kappa shape index (κ2) is 5.31. The van der Waals surface area contributed by atoms with Gasteiger partial charge in [0.1, 0.15) is 0 Å². The SMILES string of the molecule is Cc1cc(Cl)ccc1Nc1ccnc2cc(Cl)ccc12. The molecule has 0 bridgehead atoms. The predicted molar refractivity (Wildman–Crippen MR) is 86.2 cm³/mol. The van der Waals surface area contributed by atoms with Crippen LogP contribution >= 0.6 is 23.2 Å². The Morgan fingerprint density at radius 3 is 2.45 bits per heavy atom. The normalized spacial score (nSPS) is 10.8. The number of nitrogens with zero attached hydrogens (tertiary/aromatic N) is 1. The van der Waals surface area contributed by atoms with Crippen molar-refractivity contribution in [3.63, 3.8) is 0 Å². The van der Waals surface area contributed by atoms with Crippen LogP contribution in [-0.4, -0.2) is 4.98 Å². The van der Waals surface area contributed by atoms with E-state index in [-0.39, 0.29) is 0 Å². The molecule has 0 unspecified atom stereocenters. The number of aromatic nitrogens is 1. The molecule has 0 radical (unpaired) electrons. The number of rotatable bonds is 2. The number of pyridine rings is 1. The van der Waals surface area contributed by atoms with E-state index >= 15 is 0 Å². The summed E-state index contributed by atoms with van der Waals surface area (Å²) in [7, 11) is 0. The third kappa shape index (κ3) is 2.58. The molecule has 100 valence electrons. The standard InChI is InChI=1S/C16H12Cl2N2/c1-10-8-11(17)3-5-14(10)20-15-6-7-19-16-9-12(18)2-4-13(15)16/h2-9H,1H3,(H,19,20). The number of halogens is 2. The maximum atomic E-state index is 6.00. The van der Waals surface area contributed by atoms with E-state index in [1.54, 1.807) is 6.20 Å². The number of benzene rings is 2. The maximum absolute atomic E-state index is 6.00. The van der Waals surface area contributed by atoms with Crippen molar-refractivity contribution in [1.29, 1.82) is 0 Å². The third-order valence-electron chi connectivity index (χ3n) is 3.16. The van der Waals surface area contributed by atoms with Gasteiger partial charge in [-0.25, -0.2) is 0 Å². The number of anilines is 2. The minimum absolute atomic E-state index is 0.685. The third-order valence-corrected chi connectivity index (χ3v) is 3.63. The van der Waals surface area contributed by atoms with Crippen LogP contribution < -0.4 is 5.32 Å². The molecule has 2 aromatic carbocycles. The van der Waals surface area contributed by atoms with Crippen molar-refractivity contribution < 1.29 is 0 Å². The van der Waals surface area contributed by atoms with Gasteiger partial charge in [0.05, 0.1) is 5.52 Å². The van der Waals surface area contributed by atoms with Gasteiger partial charge in [-0.05, 0) is 55.0 Å². The number of hydrogen-bond donors (Lipinski definition) is 1. The predicted octanol–water partition coefficient (Wildman–Crippen LogP) is 5.59. The van der Waals surface area contributed by atoms with E-state index in [0.29, 0.717) is 5.02 Å². The van der Waals surface area contributed by atoms with Gasteiger partial charge in [-0.1, -0.05) is 23.2 Å². The molecule has 0 atom stereocenters. The zero-order valence-electron chi connectivity index (χ0n) is 10.8. The zero-order chi connectivity index (χ0) is 14.1. The molecule has 0 spiro atoms. The summed E-state index contributed by atoms with van der Waals surface area (Å²) in [5.74, 6) is 0.